The molecular weight excluding hydrogens is 361 g/mol. The Morgan fingerprint density at radius 3 is 2.84 bits per heavy atom. The first kappa shape index (κ1) is 17.5. The summed E-state index contributed by atoms with van der Waals surface area (Å²) in [4.78, 5) is 12.3. The number of nitrogens with zero attached hydrogens (tertiary/aromatic N) is 2. The van der Waals surface area contributed by atoms with Gasteiger partial charge in [0.2, 0.25) is 18.2 Å². The number of hydrogen-bond donors (Lipinski definition) is 1. The van der Waals surface area contributed by atoms with Crippen molar-refractivity contribution in [3.8, 4) is 11.5 Å². The molecule has 3 aromatic rings. The van der Waals surface area contributed by atoms with E-state index in [4.69, 9.17) is 27.6 Å². The molecule has 0 fully saturated rings. The van der Waals surface area contributed by atoms with Crippen LogP contribution in [0.3, 0.4) is 0 Å². The van der Waals surface area contributed by atoms with E-state index in [1.165, 1.54) is 6.39 Å². The highest BCUT2D eigenvalue weighted by Crippen LogP contribution is 2.27. The summed E-state index contributed by atoms with van der Waals surface area (Å²) >= 11 is 12.1. The highest BCUT2D eigenvalue weighted by atomic mass is 35.5. The molecule has 1 N–H and O–H groups in total. The van der Waals surface area contributed by atoms with Gasteiger partial charge in [-0.1, -0.05) is 41.4 Å². The van der Waals surface area contributed by atoms with Gasteiger partial charge in [0.1, 0.15) is 0 Å². The quantitative estimate of drug-likeness (QED) is 0.686. The summed E-state index contributed by atoms with van der Waals surface area (Å²) < 4.78 is 5.19. The first-order valence-electron chi connectivity index (χ1n) is 7.64. The molecule has 1 heterocycles. The average Bonchev–Trinajstić information content (AvgIpc) is 3.13. The third kappa shape index (κ3) is 4.18. The zero-order chi connectivity index (χ0) is 17.8. The van der Waals surface area contributed by atoms with Crippen LogP contribution in [0.4, 0.5) is 5.69 Å². The van der Waals surface area contributed by atoms with Crippen molar-refractivity contribution in [3.63, 3.8) is 0 Å². The summed E-state index contributed by atoms with van der Waals surface area (Å²) in [5.74, 6) is 0.294. The molecule has 1 aromatic heterocycles. The van der Waals surface area contributed by atoms with Crippen LogP contribution in [0.25, 0.3) is 11.5 Å². The topological polar surface area (TPSA) is 68.0 Å². The minimum absolute atomic E-state index is 0.109. The summed E-state index contributed by atoms with van der Waals surface area (Å²) in [7, 11) is 0. The molecule has 3 rings (SSSR count). The van der Waals surface area contributed by atoms with E-state index in [0.717, 1.165) is 16.7 Å². The van der Waals surface area contributed by atoms with Crippen LogP contribution in [0.15, 0.2) is 47.2 Å². The summed E-state index contributed by atoms with van der Waals surface area (Å²) in [5.41, 5.74) is 3.24. The number of nitrogens with one attached hydrogen (secondary N) is 1. The van der Waals surface area contributed by atoms with Gasteiger partial charge in [0.15, 0.2) is 0 Å². The van der Waals surface area contributed by atoms with Crippen LogP contribution in [0.2, 0.25) is 10.0 Å². The van der Waals surface area contributed by atoms with Gasteiger partial charge in [0, 0.05) is 17.7 Å². The van der Waals surface area contributed by atoms with Crippen LogP contribution in [0.5, 0.6) is 0 Å². The van der Waals surface area contributed by atoms with E-state index < -0.39 is 0 Å². The zero-order valence-corrected chi connectivity index (χ0v) is 14.9. The second-order valence-electron chi connectivity index (χ2n) is 5.53. The van der Waals surface area contributed by atoms with Crippen LogP contribution < -0.4 is 5.32 Å². The number of rotatable bonds is 5. The Balaban J connectivity index is 1.68. The van der Waals surface area contributed by atoms with E-state index >= 15 is 0 Å². The predicted octanol–water partition coefficient (Wildman–Crippen LogP) is 4.92. The van der Waals surface area contributed by atoms with Crippen molar-refractivity contribution in [2.45, 2.75) is 19.8 Å². The fourth-order valence-electron chi connectivity index (χ4n) is 2.39. The third-order valence-corrected chi connectivity index (χ3v) is 4.63. The van der Waals surface area contributed by atoms with Gasteiger partial charge in [0.05, 0.1) is 10.0 Å². The number of carbonyl (C=O) groups excluding carboxylic acids is 1. The number of anilines is 1. The fraction of sp³-hybridized carbons (Fsp3) is 0.167. The maximum absolute atomic E-state index is 12.3. The molecule has 0 aliphatic rings. The molecule has 0 aliphatic carbocycles. The molecule has 0 bridgehead atoms. The van der Waals surface area contributed by atoms with E-state index in [0.29, 0.717) is 34.5 Å². The number of aromatic nitrogens is 2. The van der Waals surface area contributed by atoms with Crippen LogP contribution in [-0.2, 0) is 11.2 Å². The highest BCUT2D eigenvalue weighted by molar-refractivity contribution is 6.42. The SMILES string of the molecule is Cc1ccc(-c2nnco2)cc1NC(=O)CCc1cccc(Cl)c1Cl. The number of amides is 1. The first-order valence-corrected chi connectivity index (χ1v) is 8.40. The minimum Gasteiger partial charge on any atom is -0.423 e. The van der Waals surface area contributed by atoms with Crippen molar-refractivity contribution >= 4 is 34.8 Å². The third-order valence-electron chi connectivity index (χ3n) is 3.77. The molecule has 0 saturated carbocycles. The van der Waals surface area contributed by atoms with Gasteiger partial charge in [0.25, 0.3) is 0 Å². The van der Waals surface area contributed by atoms with Gasteiger partial charge in [-0.3, -0.25) is 4.79 Å². The maximum Gasteiger partial charge on any atom is 0.247 e. The largest absolute Gasteiger partial charge is 0.423 e. The molecule has 25 heavy (non-hydrogen) atoms. The van der Waals surface area contributed by atoms with Gasteiger partial charge in [-0.05, 0) is 42.7 Å². The molecule has 1 amide bonds. The maximum atomic E-state index is 12.3. The number of benzene rings is 2. The van der Waals surface area contributed by atoms with Crippen LogP contribution in [-0.4, -0.2) is 16.1 Å². The van der Waals surface area contributed by atoms with Gasteiger partial charge in [-0.25, -0.2) is 0 Å². The standard InChI is InChI=1S/C18H15Cl2N3O2/c1-11-5-6-13(18-23-21-10-25-18)9-15(11)22-16(24)8-7-12-3-2-4-14(19)17(12)20/h2-6,9-10H,7-8H2,1H3,(H,22,24). The second-order valence-corrected chi connectivity index (χ2v) is 6.32. The Morgan fingerprint density at radius 1 is 1.24 bits per heavy atom. The molecule has 0 aliphatic heterocycles. The van der Waals surface area contributed by atoms with E-state index in [-0.39, 0.29) is 5.91 Å². The zero-order valence-electron chi connectivity index (χ0n) is 13.4. The fourth-order valence-corrected chi connectivity index (χ4v) is 2.81. The molecule has 128 valence electrons. The average molecular weight is 376 g/mol. The van der Waals surface area contributed by atoms with Gasteiger partial charge in [-0.2, -0.15) is 0 Å². The Morgan fingerprint density at radius 2 is 2.08 bits per heavy atom. The molecule has 0 saturated heterocycles. The molecule has 0 spiro atoms. The van der Waals surface area contributed by atoms with Crippen LogP contribution >= 0.6 is 23.2 Å². The van der Waals surface area contributed by atoms with Crippen molar-refractivity contribution in [1.82, 2.24) is 10.2 Å². The molecule has 0 unspecified atom stereocenters. The van der Waals surface area contributed by atoms with E-state index in [9.17, 15) is 4.79 Å². The second kappa shape index (κ2) is 7.68. The van der Waals surface area contributed by atoms with Gasteiger partial charge < -0.3 is 9.73 Å². The lowest BCUT2D eigenvalue weighted by atomic mass is 10.1. The first-order chi connectivity index (χ1) is 12.0. The molecule has 2 aromatic carbocycles. The summed E-state index contributed by atoms with van der Waals surface area (Å²) in [5, 5.41) is 11.4. The van der Waals surface area contributed by atoms with Crippen molar-refractivity contribution in [1.29, 1.82) is 0 Å². The molecule has 5 nitrogen and oxygen atoms in total. The normalized spacial score (nSPS) is 10.7. The van der Waals surface area contributed by atoms with E-state index in [1.807, 2.05) is 37.3 Å². The van der Waals surface area contributed by atoms with Crippen molar-refractivity contribution in [2.24, 2.45) is 0 Å². The highest BCUT2D eigenvalue weighted by Gasteiger charge is 2.11. The van der Waals surface area contributed by atoms with Gasteiger partial charge in [-0.15, -0.1) is 10.2 Å². The minimum atomic E-state index is -0.109. The molecule has 0 radical (unpaired) electrons. The van der Waals surface area contributed by atoms with Gasteiger partial charge >= 0.3 is 0 Å². The molecular formula is C18H15Cl2N3O2. The number of carbonyl (C=O) groups is 1. The number of hydrogen-bond acceptors (Lipinski definition) is 4. The molecule has 0 atom stereocenters. The predicted molar refractivity (Wildman–Crippen MR) is 97.9 cm³/mol. The van der Waals surface area contributed by atoms with E-state index in [2.05, 4.69) is 15.5 Å². The Labute approximate surface area is 155 Å². The monoisotopic (exact) mass is 375 g/mol. The Bertz CT molecular complexity index is 895. The van der Waals surface area contributed by atoms with Crippen molar-refractivity contribution in [3.05, 3.63) is 64.0 Å². The Hall–Kier alpha value is -2.37. The summed E-state index contributed by atoms with van der Waals surface area (Å²) in [6.45, 7) is 1.92. The van der Waals surface area contributed by atoms with E-state index in [1.54, 1.807) is 6.07 Å². The Kier molecular flexibility index (Phi) is 5.36. The molecule has 7 heteroatoms. The van der Waals surface area contributed by atoms with Crippen molar-refractivity contribution in [2.75, 3.05) is 5.32 Å². The lowest BCUT2D eigenvalue weighted by Gasteiger charge is -2.10. The number of halogens is 2. The summed E-state index contributed by atoms with van der Waals surface area (Å²) in [6.07, 6.45) is 2.07. The van der Waals surface area contributed by atoms with Crippen LogP contribution in [0, 0.1) is 6.92 Å². The van der Waals surface area contributed by atoms with Crippen LogP contribution in [0.1, 0.15) is 17.5 Å². The summed E-state index contributed by atoms with van der Waals surface area (Å²) in [6, 6.07) is 11.0. The number of aryl methyl sites for hydroxylation is 2. The smallest absolute Gasteiger partial charge is 0.247 e. The van der Waals surface area contributed by atoms with Crippen molar-refractivity contribution < 1.29 is 9.21 Å². The lowest BCUT2D eigenvalue weighted by molar-refractivity contribution is -0.116. The lowest BCUT2D eigenvalue weighted by Crippen LogP contribution is -2.13.